The molecule has 0 aliphatic rings. The standard InChI is InChI=1S/C11H17N5/c1-4-9-10(8-15(3)14-9)16-7-6-13-11(16)12-5-2/h6-8H,4-5H2,1-3H3,(H,12,13). The van der Waals surface area contributed by atoms with E-state index >= 15 is 0 Å². The summed E-state index contributed by atoms with van der Waals surface area (Å²) in [6, 6.07) is 0. The van der Waals surface area contributed by atoms with E-state index in [0.717, 1.165) is 30.3 Å². The molecule has 2 aromatic heterocycles. The van der Waals surface area contributed by atoms with Gasteiger partial charge in [-0.1, -0.05) is 6.92 Å². The van der Waals surface area contributed by atoms with E-state index in [4.69, 9.17) is 0 Å². The van der Waals surface area contributed by atoms with Gasteiger partial charge >= 0.3 is 0 Å². The van der Waals surface area contributed by atoms with Crippen molar-refractivity contribution in [3.8, 4) is 5.69 Å². The van der Waals surface area contributed by atoms with Crippen molar-refractivity contribution in [2.45, 2.75) is 20.3 Å². The zero-order chi connectivity index (χ0) is 11.5. The molecule has 0 amide bonds. The van der Waals surface area contributed by atoms with E-state index in [1.165, 1.54) is 0 Å². The maximum atomic E-state index is 4.43. The first-order chi connectivity index (χ1) is 7.76. The number of anilines is 1. The highest BCUT2D eigenvalue weighted by Gasteiger charge is 2.11. The van der Waals surface area contributed by atoms with Crippen molar-refractivity contribution in [2.24, 2.45) is 7.05 Å². The molecule has 2 rings (SSSR count). The Hall–Kier alpha value is -1.78. The van der Waals surface area contributed by atoms with Gasteiger partial charge in [-0.05, 0) is 13.3 Å². The molecule has 16 heavy (non-hydrogen) atoms. The molecule has 2 heterocycles. The first-order valence-electron chi connectivity index (χ1n) is 5.56. The van der Waals surface area contributed by atoms with Crippen LogP contribution in [0.1, 0.15) is 19.5 Å². The number of aromatic nitrogens is 4. The molecule has 86 valence electrons. The van der Waals surface area contributed by atoms with Gasteiger partial charge in [0.1, 0.15) is 0 Å². The lowest BCUT2D eigenvalue weighted by Gasteiger charge is -2.07. The smallest absolute Gasteiger partial charge is 0.207 e. The molecule has 5 nitrogen and oxygen atoms in total. The van der Waals surface area contributed by atoms with Gasteiger partial charge in [-0.2, -0.15) is 5.10 Å². The van der Waals surface area contributed by atoms with Crippen molar-refractivity contribution in [3.05, 3.63) is 24.3 Å². The van der Waals surface area contributed by atoms with E-state index < -0.39 is 0 Å². The first kappa shape index (κ1) is 10.7. The molecule has 0 aliphatic carbocycles. The summed E-state index contributed by atoms with van der Waals surface area (Å²) in [5, 5.41) is 7.66. The average molecular weight is 219 g/mol. The fraction of sp³-hybridized carbons (Fsp3) is 0.455. The zero-order valence-corrected chi connectivity index (χ0v) is 9.94. The Kier molecular flexibility index (Phi) is 2.94. The van der Waals surface area contributed by atoms with Gasteiger partial charge in [-0.15, -0.1) is 0 Å². The van der Waals surface area contributed by atoms with Crippen LogP contribution in [-0.4, -0.2) is 25.9 Å². The Balaban J connectivity index is 2.45. The SMILES string of the molecule is CCNc1nccn1-c1cn(C)nc1CC. The molecule has 0 aromatic carbocycles. The molecule has 0 saturated carbocycles. The lowest BCUT2D eigenvalue weighted by atomic mass is 10.3. The van der Waals surface area contributed by atoms with Crippen LogP contribution in [0.4, 0.5) is 5.95 Å². The molecule has 0 atom stereocenters. The Labute approximate surface area is 95.1 Å². The minimum absolute atomic E-state index is 0.860. The van der Waals surface area contributed by atoms with E-state index in [0.29, 0.717) is 0 Å². The predicted molar refractivity (Wildman–Crippen MR) is 63.9 cm³/mol. The van der Waals surface area contributed by atoms with E-state index in [9.17, 15) is 0 Å². The monoisotopic (exact) mass is 219 g/mol. The first-order valence-corrected chi connectivity index (χ1v) is 5.56. The van der Waals surface area contributed by atoms with Gasteiger partial charge in [-0.25, -0.2) is 4.98 Å². The van der Waals surface area contributed by atoms with Crippen molar-refractivity contribution in [3.63, 3.8) is 0 Å². The highest BCUT2D eigenvalue weighted by atomic mass is 15.3. The van der Waals surface area contributed by atoms with Crippen LogP contribution in [0, 0.1) is 0 Å². The van der Waals surface area contributed by atoms with Gasteiger partial charge in [0.25, 0.3) is 0 Å². The van der Waals surface area contributed by atoms with E-state index in [2.05, 4.69) is 29.2 Å². The molecule has 0 radical (unpaired) electrons. The van der Waals surface area contributed by atoms with Crippen molar-refractivity contribution in [1.29, 1.82) is 0 Å². The van der Waals surface area contributed by atoms with Crippen LogP contribution in [0.2, 0.25) is 0 Å². The number of nitrogens with zero attached hydrogens (tertiary/aromatic N) is 4. The fourth-order valence-corrected chi connectivity index (χ4v) is 1.76. The summed E-state index contributed by atoms with van der Waals surface area (Å²) < 4.78 is 3.87. The van der Waals surface area contributed by atoms with Crippen LogP contribution in [0.3, 0.4) is 0 Å². The molecule has 0 spiro atoms. The molecule has 0 saturated heterocycles. The number of imidazole rings is 1. The summed E-state index contributed by atoms with van der Waals surface area (Å²) in [6.45, 7) is 5.03. The molecular formula is C11H17N5. The van der Waals surface area contributed by atoms with Gasteiger partial charge in [0, 0.05) is 32.2 Å². The molecule has 0 fully saturated rings. The highest BCUT2D eigenvalue weighted by Crippen LogP contribution is 2.17. The molecule has 2 aromatic rings. The maximum Gasteiger partial charge on any atom is 0.207 e. The van der Waals surface area contributed by atoms with Crippen molar-refractivity contribution in [1.82, 2.24) is 19.3 Å². The zero-order valence-electron chi connectivity index (χ0n) is 9.94. The van der Waals surface area contributed by atoms with E-state index in [1.54, 1.807) is 6.20 Å². The third-order valence-corrected chi connectivity index (χ3v) is 2.45. The highest BCUT2D eigenvalue weighted by molar-refractivity contribution is 5.43. The molecular weight excluding hydrogens is 202 g/mol. The summed E-state index contributed by atoms with van der Waals surface area (Å²) in [5.41, 5.74) is 2.18. The van der Waals surface area contributed by atoms with Gasteiger partial charge in [0.2, 0.25) is 5.95 Å². The third kappa shape index (κ3) is 1.80. The second-order valence-electron chi connectivity index (χ2n) is 3.64. The largest absolute Gasteiger partial charge is 0.356 e. The number of aryl methyl sites for hydroxylation is 2. The van der Waals surface area contributed by atoms with Gasteiger partial charge < -0.3 is 5.32 Å². The van der Waals surface area contributed by atoms with Gasteiger partial charge in [-0.3, -0.25) is 9.25 Å². The van der Waals surface area contributed by atoms with Crippen LogP contribution in [0.25, 0.3) is 5.69 Å². The van der Waals surface area contributed by atoms with Gasteiger partial charge in [0.05, 0.1) is 11.4 Å². The third-order valence-electron chi connectivity index (χ3n) is 2.45. The van der Waals surface area contributed by atoms with E-state index in [1.807, 2.05) is 28.7 Å². The van der Waals surface area contributed by atoms with Crippen LogP contribution >= 0.6 is 0 Å². The molecule has 1 N–H and O–H groups in total. The molecule has 0 aliphatic heterocycles. The summed E-state index contributed by atoms with van der Waals surface area (Å²) in [6.07, 6.45) is 6.68. The second kappa shape index (κ2) is 4.38. The molecule has 5 heteroatoms. The Bertz CT molecular complexity index is 468. The van der Waals surface area contributed by atoms with Crippen LogP contribution in [0.5, 0.6) is 0 Å². The van der Waals surface area contributed by atoms with Crippen LogP contribution < -0.4 is 5.32 Å². The summed E-state index contributed by atoms with van der Waals surface area (Å²) in [7, 11) is 1.94. The molecule has 0 unspecified atom stereocenters. The number of hydrogen-bond donors (Lipinski definition) is 1. The summed E-state index contributed by atoms with van der Waals surface area (Å²) >= 11 is 0. The lowest BCUT2D eigenvalue weighted by molar-refractivity contribution is 0.746. The van der Waals surface area contributed by atoms with Crippen LogP contribution in [-0.2, 0) is 13.5 Å². The van der Waals surface area contributed by atoms with E-state index in [-0.39, 0.29) is 0 Å². The van der Waals surface area contributed by atoms with Crippen molar-refractivity contribution in [2.75, 3.05) is 11.9 Å². The van der Waals surface area contributed by atoms with Gasteiger partial charge in [0.15, 0.2) is 0 Å². The second-order valence-corrected chi connectivity index (χ2v) is 3.64. The van der Waals surface area contributed by atoms with Crippen molar-refractivity contribution < 1.29 is 0 Å². The number of rotatable bonds is 4. The topological polar surface area (TPSA) is 47.7 Å². The summed E-state index contributed by atoms with van der Waals surface area (Å²) in [4.78, 5) is 4.28. The minimum atomic E-state index is 0.860. The lowest BCUT2D eigenvalue weighted by Crippen LogP contribution is -2.05. The number of hydrogen-bond acceptors (Lipinski definition) is 3. The normalized spacial score (nSPS) is 10.7. The predicted octanol–water partition coefficient (Wildman–Crippen LogP) is 1.60. The summed E-state index contributed by atoms with van der Waals surface area (Å²) in [5.74, 6) is 0.866. The quantitative estimate of drug-likeness (QED) is 0.849. The average Bonchev–Trinajstić information content (AvgIpc) is 2.84. The van der Waals surface area contributed by atoms with Crippen molar-refractivity contribution >= 4 is 5.95 Å². The Morgan fingerprint density at radius 3 is 2.88 bits per heavy atom. The Morgan fingerprint density at radius 2 is 2.19 bits per heavy atom. The fourth-order valence-electron chi connectivity index (χ4n) is 1.76. The maximum absolute atomic E-state index is 4.43. The molecule has 0 bridgehead atoms. The van der Waals surface area contributed by atoms with Crippen LogP contribution in [0.15, 0.2) is 18.6 Å². The number of nitrogens with one attached hydrogen (secondary N) is 1. The Morgan fingerprint density at radius 1 is 1.38 bits per heavy atom. The minimum Gasteiger partial charge on any atom is -0.356 e.